The van der Waals surface area contributed by atoms with Crippen LogP contribution in [0.1, 0.15) is 15.9 Å². The van der Waals surface area contributed by atoms with Crippen molar-refractivity contribution in [1.29, 1.82) is 5.26 Å². The number of ether oxygens (including phenoxy) is 1. The molecule has 2 N–H and O–H groups in total. The lowest BCUT2D eigenvalue weighted by atomic mass is 10.1. The van der Waals surface area contributed by atoms with Crippen molar-refractivity contribution in [2.45, 2.75) is 4.90 Å². The van der Waals surface area contributed by atoms with E-state index in [1.165, 1.54) is 31.4 Å². The Bertz CT molecular complexity index is 1170. The molecule has 7 nitrogen and oxygen atoms in total. The SMILES string of the molecule is COc1ccccc1NS(=O)(=O)c1ccc(NC(=O)c2ccc(C#N)cc2)cc1. The Kier molecular flexibility index (Phi) is 5.81. The highest BCUT2D eigenvalue weighted by atomic mass is 32.2. The maximum Gasteiger partial charge on any atom is 0.262 e. The van der Waals surface area contributed by atoms with Crippen LogP contribution in [0.5, 0.6) is 5.75 Å². The monoisotopic (exact) mass is 407 g/mol. The van der Waals surface area contributed by atoms with Crippen molar-refractivity contribution >= 4 is 27.3 Å². The maximum atomic E-state index is 12.6. The van der Waals surface area contributed by atoms with Gasteiger partial charge in [-0.05, 0) is 60.7 Å². The van der Waals surface area contributed by atoms with Crippen LogP contribution in [0.2, 0.25) is 0 Å². The number of rotatable bonds is 6. The first-order valence-corrected chi connectivity index (χ1v) is 9.98. The summed E-state index contributed by atoms with van der Waals surface area (Å²) in [5.74, 6) is 0.0413. The first-order chi connectivity index (χ1) is 13.9. The van der Waals surface area contributed by atoms with Gasteiger partial charge in [0.1, 0.15) is 5.75 Å². The van der Waals surface area contributed by atoms with E-state index >= 15 is 0 Å². The zero-order valence-corrected chi connectivity index (χ0v) is 16.2. The Morgan fingerprint density at radius 1 is 0.966 bits per heavy atom. The summed E-state index contributed by atoms with van der Waals surface area (Å²) in [7, 11) is -2.37. The standard InChI is InChI=1S/C21H17N3O4S/c1-28-20-5-3-2-4-19(20)24-29(26,27)18-12-10-17(11-13-18)23-21(25)16-8-6-15(14-22)7-9-16/h2-13,24H,1H3,(H,23,25). The molecule has 0 radical (unpaired) electrons. The van der Waals surface area contributed by atoms with Crippen LogP contribution in [0.15, 0.2) is 77.7 Å². The Labute approximate surface area is 168 Å². The molecule has 0 saturated heterocycles. The summed E-state index contributed by atoms with van der Waals surface area (Å²) < 4.78 is 32.8. The summed E-state index contributed by atoms with van der Waals surface area (Å²) in [6.07, 6.45) is 0. The van der Waals surface area contributed by atoms with E-state index in [1.54, 1.807) is 48.5 Å². The minimum atomic E-state index is -3.82. The molecule has 3 aromatic carbocycles. The van der Waals surface area contributed by atoms with Gasteiger partial charge in [0.05, 0.1) is 29.3 Å². The molecule has 0 saturated carbocycles. The summed E-state index contributed by atoms with van der Waals surface area (Å²) in [6.45, 7) is 0. The van der Waals surface area contributed by atoms with Gasteiger partial charge in [-0.15, -0.1) is 0 Å². The molecule has 29 heavy (non-hydrogen) atoms. The number of anilines is 2. The quantitative estimate of drug-likeness (QED) is 0.649. The van der Waals surface area contributed by atoms with Gasteiger partial charge in [-0.25, -0.2) is 8.42 Å². The molecular weight excluding hydrogens is 390 g/mol. The number of para-hydroxylation sites is 2. The summed E-state index contributed by atoms with van der Waals surface area (Å²) >= 11 is 0. The fourth-order valence-electron chi connectivity index (χ4n) is 2.55. The van der Waals surface area contributed by atoms with Gasteiger partial charge in [-0.2, -0.15) is 5.26 Å². The van der Waals surface area contributed by atoms with Gasteiger partial charge >= 0.3 is 0 Å². The molecule has 146 valence electrons. The predicted octanol–water partition coefficient (Wildman–Crippen LogP) is 3.62. The molecular formula is C21H17N3O4S. The number of nitrogens with one attached hydrogen (secondary N) is 2. The number of nitrogens with zero attached hydrogens (tertiary/aromatic N) is 1. The van der Waals surface area contributed by atoms with Crippen molar-refractivity contribution in [3.05, 3.63) is 83.9 Å². The first kappa shape index (κ1) is 19.9. The number of hydrogen-bond donors (Lipinski definition) is 2. The molecule has 0 unspecified atom stereocenters. The summed E-state index contributed by atoms with van der Waals surface area (Å²) in [5.41, 5.74) is 1.61. The summed E-state index contributed by atoms with van der Waals surface area (Å²) in [5, 5.41) is 11.5. The summed E-state index contributed by atoms with van der Waals surface area (Å²) in [4.78, 5) is 12.3. The van der Waals surface area contributed by atoms with Gasteiger partial charge in [-0.1, -0.05) is 12.1 Å². The molecule has 3 aromatic rings. The van der Waals surface area contributed by atoms with Crippen LogP contribution < -0.4 is 14.8 Å². The van der Waals surface area contributed by atoms with E-state index in [4.69, 9.17) is 10.00 Å². The van der Waals surface area contributed by atoms with Crippen molar-refractivity contribution in [3.63, 3.8) is 0 Å². The second-order valence-electron chi connectivity index (χ2n) is 5.97. The van der Waals surface area contributed by atoms with Crippen LogP contribution in [0.4, 0.5) is 11.4 Å². The highest BCUT2D eigenvalue weighted by Crippen LogP contribution is 2.26. The average molecular weight is 407 g/mol. The third kappa shape index (κ3) is 4.72. The molecule has 1 amide bonds. The van der Waals surface area contributed by atoms with E-state index in [2.05, 4.69) is 10.0 Å². The van der Waals surface area contributed by atoms with Crippen LogP contribution in [0.25, 0.3) is 0 Å². The lowest BCUT2D eigenvalue weighted by Gasteiger charge is -2.12. The highest BCUT2D eigenvalue weighted by Gasteiger charge is 2.16. The van der Waals surface area contributed by atoms with Crippen molar-refractivity contribution in [1.82, 2.24) is 0 Å². The van der Waals surface area contributed by atoms with E-state index in [0.29, 0.717) is 28.3 Å². The number of hydrogen-bond acceptors (Lipinski definition) is 5. The zero-order chi connectivity index (χ0) is 20.9. The topological polar surface area (TPSA) is 108 Å². The van der Waals surface area contributed by atoms with E-state index in [-0.39, 0.29) is 10.8 Å². The lowest BCUT2D eigenvalue weighted by molar-refractivity contribution is 0.102. The normalized spacial score (nSPS) is 10.6. The Balaban J connectivity index is 1.73. The second kappa shape index (κ2) is 8.46. The van der Waals surface area contributed by atoms with Crippen LogP contribution in [-0.4, -0.2) is 21.4 Å². The molecule has 0 aliphatic carbocycles. The molecule has 0 bridgehead atoms. The van der Waals surface area contributed by atoms with Crippen LogP contribution >= 0.6 is 0 Å². The van der Waals surface area contributed by atoms with Gasteiger partial charge in [-0.3, -0.25) is 9.52 Å². The van der Waals surface area contributed by atoms with E-state index in [1.807, 2.05) is 6.07 Å². The molecule has 0 aliphatic rings. The van der Waals surface area contributed by atoms with Gasteiger partial charge < -0.3 is 10.1 Å². The number of methoxy groups -OCH3 is 1. The Morgan fingerprint density at radius 3 is 2.24 bits per heavy atom. The van der Waals surface area contributed by atoms with Gasteiger partial charge in [0, 0.05) is 11.3 Å². The number of nitriles is 1. The fourth-order valence-corrected chi connectivity index (χ4v) is 3.62. The molecule has 0 spiro atoms. The average Bonchev–Trinajstić information content (AvgIpc) is 2.74. The number of sulfonamides is 1. The van der Waals surface area contributed by atoms with E-state index in [0.717, 1.165) is 0 Å². The largest absolute Gasteiger partial charge is 0.495 e. The minimum absolute atomic E-state index is 0.0415. The van der Waals surface area contributed by atoms with Crippen LogP contribution in [0, 0.1) is 11.3 Å². The second-order valence-corrected chi connectivity index (χ2v) is 7.66. The molecule has 0 aliphatic heterocycles. The number of carbonyl (C=O) groups excluding carboxylic acids is 1. The number of carbonyl (C=O) groups is 1. The fraction of sp³-hybridized carbons (Fsp3) is 0.0476. The van der Waals surface area contributed by atoms with Crippen molar-refractivity contribution in [3.8, 4) is 11.8 Å². The first-order valence-electron chi connectivity index (χ1n) is 8.50. The van der Waals surface area contributed by atoms with Gasteiger partial charge in [0.25, 0.3) is 15.9 Å². The number of benzene rings is 3. The Hall–Kier alpha value is -3.83. The molecule has 0 heterocycles. The lowest BCUT2D eigenvalue weighted by Crippen LogP contribution is -2.14. The highest BCUT2D eigenvalue weighted by molar-refractivity contribution is 7.92. The van der Waals surface area contributed by atoms with Gasteiger partial charge in [0.15, 0.2) is 0 Å². The van der Waals surface area contributed by atoms with Crippen LogP contribution in [0.3, 0.4) is 0 Å². The van der Waals surface area contributed by atoms with Crippen molar-refractivity contribution in [2.75, 3.05) is 17.1 Å². The van der Waals surface area contributed by atoms with Crippen LogP contribution in [-0.2, 0) is 10.0 Å². The zero-order valence-electron chi connectivity index (χ0n) is 15.4. The predicted molar refractivity (Wildman–Crippen MR) is 109 cm³/mol. The molecule has 8 heteroatoms. The summed E-state index contributed by atoms with van der Waals surface area (Å²) in [6, 6.07) is 20.6. The Morgan fingerprint density at radius 2 is 1.62 bits per heavy atom. The third-order valence-electron chi connectivity index (χ3n) is 4.05. The molecule has 0 fully saturated rings. The molecule has 0 aromatic heterocycles. The van der Waals surface area contributed by atoms with Gasteiger partial charge in [0.2, 0.25) is 0 Å². The molecule has 3 rings (SSSR count). The van der Waals surface area contributed by atoms with E-state index in [9.17, 15) is 13.2 Å². The van der Waals surface area contributed by atoms with Crippen molar-refractivity contribution < 1.29 is 17.9 Å². The third-order valence-corrected chi connectivity index (χ3v) is 5.43. The van der Waals surface area contributed by atoms with Crippen molar-refractivity contribution in [2.24, 2.45) is 0 Å². The van der Waals surface area contributed by atoms with E-state index < -0.39 is 10.0 Å². The minimum Gasteiger partial charge on any atom is -0.495 e. The maximum absolute atomic E-state index is 12.6. The number of amides is 1. The molecule has 0 atom stereocenters. The smallest absolute Gasteiger partial charge is 0.262 e.